The standard InChI is InChI=1S/C10H14N4.2ClH/c1-12-8-2-4-9(5-3-8)14-7-6-10(11)13-14;;/h2-6,12-13H,7,11H2,1H3;2*1H. The first-order valence-corrected chi connectivity index (χ1v) is 4.57. The van der Waals surface area contributed by atoms with Crippen LogP contribution in [0.25, 0.3) is 0 Å². The maximum Gasteiger partial charge on any atom is 0.113 e. The highest BCUT2D eigenvalue weighted by atomic mass is 35.5. The zero-order valence-corrected chi connectivity index (χ0v) is 10.6. The van der Waals surface area contributed by atoms with E-state index in [-0.39, 0.29) is 24.8 Å². The van der Waals surface area contributed by atoms with Gasteiger partial charge in [0, 0.05) is 12.7 Å². The van der Waals surface area contributed by atoms with E-state index >= 15 is 0 Å². The van der Waals surface area contributed by atoms with Crippen LogP contribution in [0.3, 0.4) is 0 Å². The van der Waals surface area contributed by atoms with Crippen LogP contribution in [0, 0.1) is 0 Å². The van der Waals surface area contributed by atoms with Crippen LogP contribution in [0.1, 0.15) is 0 Å². The van der Waals surface area contributed by atoms with Crippen LogP contribution < -0.4 is 21.5 Å². The SMILES string of the molecule is CNc1ccc(N2CC=C(N)N2)cc1.Cl.Cl. The monoisotopic (exact) mass is 262 g/mol. The number of hydrogen-bond donors (Lipinski definition) is 3. The first kappa shape index (κ1) is 14.7. The molecule has 0 radical (unpaired) electrons. The summed E-state index contributed by atoms with van der Waals surface area (Å²) in [6.45, 7) is 0.810. The maximum absolute atomic E-state index is 5.61. The highest BCUT2D eigenvalue weighted by Gasteiger charge is 2.10. The first-order valence-electron chi connectivity index (χ1n) is 4.57. The fourth-order valence-corrected chi connectivity index (χ4v) is 1.41. The van der Waals surface area contributed by atoms with Gasteiger partial charge < -0.3 is 11.1 Å². The van der Waals surface area contributed by atoms with Gasteiger partial charge in [0.25, 0.3) is 0 Å². The quantitative estimate of drug-likeness (QED) is 0.760. The lowest BCUT2D eigenvalue weighted by Gasteiger charge is -2.19. The average Bonchev–Trinajstić information content (AvgIpc) is 2.65. The van der Waals surface area contributed by atoms with Crippen LogP contribution in [-0.4, -0.2) is 13.6 Å². The molecule has 0 atom stereocenters. The van der Waals surface area contributed by atoms with E-state index in [9.17, 15) is 0 Å². The second-order valence-corrected chi connectivity index (χ2v) is 3.18. The lowest BCUT2D eigenvalue weighted by molar-refractivity contribution is 0.797. The molecule has 0 bridgehead atoms. The van der Waals surface area contributed by atoms with Crippen molar-refractivity contribution < 1.29 is 0 Å². The zero-order valence-electron chi connectivity index (χ0n) is 8.93. The van der Waals surface area contributed by atoms with Gasteiger partial charge >= 0.3 is 0 Å². The molecule has 0 aliphatic carbocycles. The van der Waals surface area contributed by atoms with Gasteiger partial charge in [0.15, 0.2) is 0 Å². The van der Waals surface area contributed by atoms with Crippen molar-refractivity contribution >= 4 is 36.2 Å². The van der Waals surface area contributed by atoms with E-state index in [1.807, 2.05) is 42.4 Å². The van der Waals surface area contributed by atoms with Gasteiger partial charge in [-0.25, -0.2) is 0 Å². The summed E-state index contributed by atoms with van der Waals surface area (Å²) in [7, 11) is 1.91. The molecule has 1 aromatic rings. The number of benzene rings is 1. The molecular formula is C10H16Cl2N4. The fraction of sp³-hybridized carbons (Fsp3) is 0.200. The van der Waals surface area contributed by atoms with Gasteiger partial charge in [-0.15, -0.1) is 24.8 Å². The summed E-state index contributed by atoms with van der Waals surface area (Å²) in [5.41, 5.74) is 10.9. The lowest BCUT2D eigenvalue weighted by atomic mass is 10.3. The third-order valence-electron chi connectivity index (χ3n) is 2.23. The molecule has 16 heavy (non-hydrogen) atoms. The molecule has 0 saturated heterocycles. The molecule has 1 aromatic carbocycles. The predicted octanol–water partition coefficient (Wildman–Crippen LogP) is 1.70. The van der Waals surface area contributed by atoms with Gasteiger partial charge in [-0.3, -0.25) is 10.4 Å². The summed E-state index contributed by atoms with van der Waals surface area (Å²) in [6.07, 6.45) is 1.95. The van der Waals surface area contributed by atoms with Crippen molar-refractivity contribution in [2.24, 2.45) is 5.73 Å². The summed E-state index contributed by atoms with van der Waals surface area (Å²) < 4.78 is 0. The number of nitrogens with two attached hydrogens (primary N) is 1. The van der Waals surface area contributed by atoms with Crippen LogP contribution in [0.15, 0.2) is 36.2 Å². The van der Waals surface area contributed by atoms with Crippen molar-refractivity contribution in [1.29, 1.82) is 0 Å². The number of hydrazine groups is 1. The number of rotatable bonds is 2. The summed E-state index contributed by atoms with van der Waals surface area (Å²) >= 11 is 0. The van der Waals surface area contributed by atoms with Crippen LogP contribution in [-0.2, 0) is 0 Å². The Kier molecular flexibility index (Phi) is 5.85. The number of halogens is 2. The molecular weight excluding hydrogens is 247 g/mol. The van der Waals surface area contributed by atoms with E-state index in [0.29, 0.717) is 5.82 Å². The number of anilines is 2. The molecule has 1 aliphatic heterocycles. The minimum atomic E-state index is 0. The Morgan fingerprint density at radius 1 is 1.25 bits per heavy atom. The van der Waals surface area contributed by atoms with Gasteiger partial charge in [-0.1, -0.05) is 0 Å². The second kappa shape index (κ2) is 6.35. The number of nitrogens with one attached hydrogen (secondary N) is 2. The summed E-state index contributed by atoms with van der Waals surface area (Å²) in [6, 6.07) is 8.16. The Labute approximate surface area is 108 Å². The molecule has 0 amide bonds. The van der Waals surface area contributed by atoms with Crippen molar-refractivity contribution in [2.45, 2.75) is 0 Å². The summed E-state index contributed by atoms with van der Waals surface area (Å²) in [5.74, 6) is 0.711. The predicted molar refractivity (Wildman–Crippen MR) is 73.2 cm³/mol. The Balaban J connectivity index is 0.00000112. The highest BCUT2D eigenvalue weighted by molar-refractivity contribution is 5.85. The number of hydrogen-bond acceptors (Lipinski definition) is 4. The third kappa shape index (κ3) is 3.12. The Morgan fingerprint density at radius 2 is 1.88 bits per heavy atom. The van der Waals surface area contributed by atoms with Gasteiger partial charge in [-0.2, -0.15) is 0 Å². The molecule has 90 valence electrons. The van der Waals surface area contributed by atoms with Crippen LogP contribution >= 0.6 is 24.8 Å². The molecule has 4 nitrogen and oxygen atoms in total. The van der Waals surface area contributed by atoms with Gasteiger partial charge in [0.2, 0.25) is 0 Å². The third-order valence-corrected chi connectivity index (χ3v) is 2.23. The normalized spacial score (nSPS) is 13.1. The van der Waals surface area contributed by atoms with Gasteiger partial charge in [0.05, 0.1) is 12.2 Å². The zero-order chi connectivity index (χ0) is 9.97. The van der Waals surface area contributed by atoms with Crippen LogP contribution in [0.2, 0.25) is 0 Å². The van der Waals surface area contributed by atoms with Crippen molar-refractivity contribution in [3.05, 3.63) is 36.2 Å². The van der Waals surface area contributed by atoms with Crippen molar-refractivity contribution in [1.82, 2.24) is 5.43 Å². The topological polar surface area (TPSA) is 53.3 Å². The van der Waals surface area contributed by atoms with E-state index in [4.69, 9.17) is 5.73 Å². The van der Waals surface area contributed by atoms with E-state index < -0.39 is 0 Å². The molecule has 4 N–H and O–H groups in total. The Bertz CT molecular complexity index is 350. The molecule has 2 rings (SSSR count). The maximum atomic E-state index is 5.61. The Morgan fingerprint density at radius 3 is 2.31 bits per heavy atom. The molecule has 6 heteroatoms. The Hall–Kier alpha value is -1.26. The van der Waals surface area contributed by atoms with E-state index in [1.165, 1.54) is 0 Å². The smallest absolute Gasteiger partial charge is 0.113 e. The molecule has 0 spiro atoms. The lowest BCUT2D eigenvalue weighted by Crippen LogP contribution is -2.33. The summed E-state index contributed by atoms with van der Waals surface area (Å²) in [5, 5.41) is 5.07. The van der Waals surface area contributed by atoms with Gasteiger partial charge in [-0.05, 0) is 30.3 Å². The average molecular weight is 263 g/mol. The molecule has 1 aliphatic rings. The van der Waals surface area contributed by atoms with Crippen molar-refractivity contribution in [2.75, 3.05) is 23.9 Å². The largest absolute Gasteiger partial charge is 0.388 e. The van der Waals surface area contributed by atoms with Crippen molar-refractivity contribution in [3.8, 4) is 0 Å². The van der Waals surface area contributed by atoms with Crippen LogP contribution in [0.5, 0.6) is 0 Å². The fourth-order valence-electron chi connectivity index (χ4n) is 1.41. The molecule has 0 fully saturated rings. The van der Waals surface area contributed by atoms with Gasteiger partial charge in [0.1, 0.15) is 5.82 Å². The summed E-state index contributed by atoms with van der Waals surface area (Å²) in [4.78, 5) is 0. The minimum absolute atomic E-state index is 0. The second-order valence-electron chi connectivity index (χ2n) is 3.18. The molecule has 0 saturated carbocycles. The van der Waals surface area contributed by atoms with E-state index in [0.717, 1.165) is 17.9 Å². The minimum Gasteiger partial charge on any atom is -0.388 e. The van der Waals surface area contributed by atoms with Crippen LogP contribution in [0.4, 0.5) is 11.4 Å². The highest BCUT2D eigenvalue weighted by Crippen LogP contribution is 2.18. The van der Waals surface area contributed by atoms with E-state index in [2.05, 4.69) is 10.7 Å². The molecule has 0 aromatic heterocycles. The van der Waals surface area contributed by atoms with E-state index in [1.54, 1.807) is 0 Å². The molecule has 0 unspecified atom stereocenters. The number of nitrogens with zero attached hydrogens (tertiary/aromatic N) is 1. The molecule has 1 heterocycles. The van der Waals surface area contributed by atoms with Crippen molar-refractivity contribution in [3.63, 3.8) is 0 Å². The first-order chi connectivity index (χ1) is 6.79.